The molecule has 0 radical (unpaired) electrons. The third kappa shape index (κ3) is 3.39. The maximum absolute atomic E-state index is 12.6. The SMILES string of the molecule is COc1cc(OC)c(C(=O)N(C)C(C)(C)CO)cc1OC. The van der Waals surface area contributed by atoms with E-state index >= 15 is 0 Å². The molecule has 0 unspecified atom stereocenters. The van der Waals surface area contributed by atoms with Crippen LogP contribution in [0.1, 0.15) is 24.2 Å². The molecule has 0 bridgehead atoms. The van der Waals surface area contributed by atoms with Gasteiger partial charge < -0.3 is 24.2 Å². The minimum atomic E-state index is -0.685. The largest absolute Gasteiger partial charge is 0.496 e. The van der Waals surface area contributed by atoms with Crippen molar-refractivity contribution in [1.29, 1.82) is 0 Å². The second-order valence-corrected chi connectivity index (χ2v) is 5.24. The van der Waals surface area contributed by atoms with Crippen molar-refractivity contribution in [2.45, 2.75) is 19.4 Å². The van der Waals surface area contributed by atoms with Gasteiger partial charge in [-0.1, -0.05) is 0 Å². The van der Waals surface area contributed by atoms with Crippen LogP contribution in [-0.4, -0.2) is 56.4 Å². The van der Waals surface area contributed by atoms with Crippen LogP contribution in [0.2, 0.25) is 0 Å². The highest BCUT2D eigenvalue weighted by molar-refractivity contribution is 5.98. The Bertz CT molecular complexity index is 513. The summed E-state index contributed by atoms with van der Waals surface area (Å²) in [5, 5.41) is 9.40. The number of nitrogens with zero attached hydrogens (tertiary/aromatic N) is 1. The number of hydrogen-bond donors (Lipinski definition) is 1. The van der Waals surface area contributed by atoms with Crippen molar-refractivity contribution < 1.29 is 24.1 Å². The molecule has 0 aliphatic heterocycles. The molecule has 6 heteroatoms. The van der Waals surface area contributed by atoms with Crippen molar-refractivity contribution in [3.05, 3.63) is 17.7 Å². The number of rotatable bonds is 6. The predicted molar refractivity (Wildman–Crippen MR) is 79.4 cm³/mol. The van der Waals surface area contributed by atoms with Crippen LogP contribution in [0.5, 0.6) is 17.2 Å². The van der Waals surface area contributed by atoms with Crippen LogP contribution in [0.15, 0.2) is 12.1 Å². The van der Waals surface area contributed by atoms with Crippen LogP contribution in [0.4, 0.5) is 0 Å². The Kier molecular flexibility index (Phi) is 5.43. The van der Waals surface area contributed by atoms with Gasteiger partial charge in [0.15, 0.2) is 11.5 Å². The van der Waals surface area contributed by atoms with Gasteiger partial charge >= 0.3 is 0 Å². The van der Waals surface area contributed by atoms with E-state index < -0.39 is 5.54 Å². The van der Waals surface area contributed by atoms with Crippen molar-refractivity contribution in [2.75, 3.05) is 35.0 Å². The fraction of sp³-hybridized carbons (Fsp3) is 0.533. The summed E-state index contributed by atoms with van der Waals surface area (Å²) < 4.78 is 15.7. The molecule has 118 valence electrons. The number of benzene rings is 1. The third-order valence-corrected chi connectivity index (χ3v) is 3.54. The molecule has 6 nitrogen and oxygen atoms in total. The van der Waals surface area contributed by atoms with E-state index in [2.05, 4.69) is 0 Å². The molecule has 0 aliphatic carbocycles. The average molecular weight is 297 g/mol. The highest BCUT2D eigenvalue weighted by atomic mass is 16.5. The molecule has 0 fully saturated rings. The van der Waals surface area contributed by atoms with Crippen molar-refractivity contribution in [2.24, 2.45) is 0 Å². The molecule has 0 aliphatic rings. The van der Waals surface area contributed by atoms with E-state index in [9.17, 15) is 9.90 Å². The fourth-order valence-corrected chi connectivity index (χ4v) is 1.76. The summed E-state index contributed by atoms with van der Waals surface area (Å²) in [4.78, 5) is 14.1. The van der Waals surface area contributed by atoms with Crippen LogP contribution < -0.4 is 14.2 Å². The quantitative estimate of drug-likeness (QED) is 0.863. The topological polar surface area (TPSA) is 68.2 Å². The molecule has 1 rings (SSSR count). The minimum Gasteiger partial charge on any atom is -0.496 e. The molecule has 1 aromatic rings. The summed E-state index contributed by atoms with van der Waals surface area (Å²) in [5.41, 5.74) is -0.339. The van der Waals surface area contributed by atoms with Crippen LogP contribution in [0, 0.1) is 0 Å². The van der Waals surface area contributed by atoms with Crippen molar-refractivity contribution in [3.8, 4) is 17.2 Å². The molecular weight excluding hydrogens is 274 g/mol. The van der Waals surface area contributed by atoms with Crippen LogP contribution >= 0.6 is 0 Å². The van der Waals surface area contributed by atoms with Gasteiger partial charge in [0.1, 0.15) is 5.75 Å². The summed E-state index contributed by atoms with van der Waals surface area (Å²) in [7, 11) is 6.13. The van der Waals surface area contributed by atoms with E-state index in [0.29, 0.717) is 22.8 Å². The van der Waals surface area contributed by atoms with Crippen molar-refractivity contribution >= 4 is 5.91 Å². The average Bonchev–Trinajstić information content (AvgIpc) is 2.51. The second-order valence-electron chi connectivity index (χ2n) is 5.24. The van der Waals surface area contributed by atoms with Gasteiger partial charge in [-0.3, -0.25) is 4.79 Å². The maximum Gasteiger partial charge on any atom is 0.258 e. The summed E-state index contributed by atoms with van der Waals surface area (Å²) >= 11 is 0. The lowest BCUT2D eigenvalue weighted by molar-refractivity contribution is 0.0470. The van der Waals surface area contributed by atoms with Crippen LogP contribution in [0.25, 0.3) is 0 Å². The van der Waals surface area contributed by atoms with Gasteiger partial charge in [-0.15, -0.1) is 0 Å². The van der Waals surface area contributed by atoms with Crippen molar-refractivity contribution in [1.82, 2.24) is 4.90 Å². The van der Waals surface area contributed by atoms with Gasteiger partial charge in [0, 0.05) is 19.2 Å². The standard InChI is InChI=1S/C15H23NO5/c1-15(2,9-17)16(3)14(18)10-7-12(20-5)13(21-6)8-11(10)19-4/h7-8,17H,9H2,1-6H3. The monoisotopic (exact) mass is 297 g/mol. The van der Waals surface area contributed by atoms with E-state index in [0.717, 1.165) is 0 Å². The summed E-state index contributed by atoms with van der Waals surface area (Å²) in [5.74, 6) is 1.04. The first-order chi connectivity index (χ1) is 9.82. The van der Waals surface area contributed by atoms with Crippen LogP contribution in [-0.2, 0) is 0 Å². The van der Waals surface area contributed by atoms with Crippen LogP contribution in [0.3, 0.4) is 0 Å². The highest BCUT2D eigenvalue weighted by Gasteiger charge is 2.30. The Morgan fingerprint density at radius 3 is 2.00 bits per heavy atom. The lowest BCUT2D eigenvalue weighted by Crippen LogP contribution is -2.47. The van der Waals surface area contributed by atoms with E-state index in [1.54, 1.807) is 33.0 Å². The van der Waals surface area contributed by atoms with Gasteiger partial charge in [0.2, 0.25) is 0 Å². The van der Waals surface area contributed by atoms with E-state index in [1.807, 2.05) is 0 Å². The first-order valence-electron chi connectivity index (χ1n) is 6.51. The highest BCUT2D eigenvalue weighted by Crippen LogP contribution is 2.35. The molecule has 0 saturated heterocycles. The molecule has 0 aromatic heterocycles. The summed E-state index contributed by atoms with van der Waals surface area (Å²) in [6.45, 7) is 3.40. The Hall–Kier alpha value is -1.95. The number of methoxy groups -OCH3 is 3. The number of ether oxygens (including phenoxy) is 3. The molecule has 0 spiro atoms. The first kappa shape index (κ1) is 17.1. The third-order valence-electron chi connectivity index (χ3n) is 3.54. The number of hydrogen-bond acceptors (Lipinski definition) is 5. The molecule has 0 saturated carbocycles. The van der Waals surface area contributed by atoms with E-state index in [-0.39, 0.29) is 12.5 Å². The molecular formula is C15H23NO5. The summed E-state index contributed by atoms with van der Waals surface area (Å²) in [6.07, 6.45) is 0. The first-order valence-corrected chi connectivity index (χ1v) is 6.51. The van der Waals surface area contributed by atoms with Gasteiger partial charge in [-0.25, -0.2) is 0 Å². The molecule has 1 aromatic carbocycles. The van der Waals surface area contributed by atoms with E-state index in [4.69, 9.17) is 14.2 Å². The molecule has 0 heterocycles. The summed E-state index contributed by atoms with van der Waals surface area (Å²) in [6, 6.07) is 3.18. The van der Waals surface area contributed by atoms with Gasteiger partial charge in [0.25, 0.3) is 5.91 Å². The number of aliphatic hydroxyl groups is 1. The predicted octanol–water partition coefficient (Wildman–Crippen LogP) is 1.56. The molecule has 1 N–H and O–H groups in total. The normalized spacial score (nSPS) is 11.0. The zero-order chi connectivity index (χ0) is 16.2. The maximum atomic E-state index is 12.6. The van der Waals surface area contributed by atoms with Crippen molar-refractivity contribution in [3.63, 3.8) is 0 Å². The Labute approximate surface area is 125 Å². The lowest BCUT2D eigenvalue weighted by atomic mass is 10.0. The van der Waals surface area contributed by atoms with Gasteiger partial charge in [0.05, 0.1) is 39.0 Å². The molecule has 1 amide bonds. The Balaban J connectivity index is 3.31. The molecule has 21 heavy (non-hydrogen) atoms. The fourth-order valence-electron chi connectivity index (χ4n) is 1.76. The molecule has 0 atom stereocenters. The number of aliphatic hydroxyl groups excluding tert-OH is 1. The Morgan fingerprint density at radius 2 is 1.57 bits per heavy atom. The van der Waals surface area contributed by atoms with Gasteiger partial charge in [-0.05, 0) is 13.8 Å². The van der Waals surface area contributed by atoms with E-state index in [1.165, 1.54) is 26.2 Å². The number of amides is 1. The Morgan fingerprint density at radius 1 is 1.10 bits per heavy atom. The number of likely N-dealkylation sites (N-methyl/N-ethyl adjacent to an activating group) is 1. The number of carbonyl (C=O) groups is 1. The van der Waals surface area contributed by atoms with Gasteiger partial charge in [-0.2, -0.15) is 0 Å². The zero-order valence-electron chi connectivity index (χ0n) is 13.4. The minimum absolute atomic E-state index is 0.148. The second kappa shape index (κ2) is 6.67. The number of carbonyl (C=O) groups excluding carboxylic acids is 1. The smallest absolute Gasteiger partial charge is 0.258 e. The zero-order valence-corrected chi connectivity index (χ0v) is 13.4. The lowest BCUT2D eigenvalue weighted by Gasteiger charge is -2.34.